The Morgan fingerprint density at radius 2 is 2.14 bits per heavy atom. The Kier molecular flexibility index (Phi) is 5.52. The van der Waals surface area contributed by atoms with Crippen molar-refractivity contribution in [1.29, 1.82) is 0 Å². The monoisotopic (exact) mass is 295 g/mol. The molecule has 2 rings (SSSR count). The third-order valence-electron chi connectivity index (χ3n) is 3.71. The molecule has 0 atom stereocenters. The molecule has 0 unspecified atom stereocenters. The first-order valence-electron chi connectivity index (χ1n) is 7.14. The lowest BCUT2D eigenvalue weighted by Gasteiger charge is -2.29. The molecule has 1 fully saturated rings. The van der Waals surface area contributed by atoms with Crippen LogP contribution in [0.1, 0.15) is 10.4 Å². The van der Waals surface area contributed by atoms with Gasteiger partial charge < -0.3 is 15.0 Å². The Labute approximate surface area is 124 Å². The SMILES string of the molecule is COc1ccc(C(=O)N(C)CCN2CCNCC2)cc1F. The first-order valence-corrected chi connectivity index (χ1v) is 7.14. The Bertz CT molecular complexity index is 490. The Morgan fingerprint density at radius 3 is 2.76 bits per heavy atom. The van der Waals surface area contributed by atoms with Crippen molar-refractivity contribution in [2.24, 2.45) is 0 Å². The summed E-state index contributed by atoms with van der Waals surface area (Å²) in [4.78, 5) is 16.2. The second-order valence-corrected chi connectivity index (χ2v) is 5.17. The lowest BCUT2D eigenvalue weighted by molar-refractivity contribution is 0.0774. The second-order valence-electron chi connectivity index (χ2n) is 5.17. The Morgan fingerprint density at radius 1 is 1.43 bits per heavy atom. The Balaban J connectivity index is 1.90. The van der Waals surface area contributed by atoms with Crippen LogP contribution in [0.2, 0.25) is 0 Å². The first-order chi connectivity index (χ1) is 10.1. The van der Waals surface area contributed by atoms with E-state index >= 15 is 0 Å². The molecule has 1 saturated heterocycles. The van der Waals surface area contributed by atoms with Gasteiger partial charge in [0.25, 0.3) is 5.91 Å². The van der Waals surface area contributed by atoms with E-state index in [4.69, 9.17) is 4.74 Å². The van der Waals surface area contributed by atoms with Crippen LogP contribution < -0.4 is 10.1 Å². The highest BCUT2D eigenvalue weighted by molar-refractivity contribution is 5.94. The molecule has 0 aliphatic carbocycles. The summed E-state index contributed by atoms with van der Waals surface area (Å²) < 4.78 is 18.5. The van der Waals surface area contributed by atoms with Gasteiger partial charge in [-0.3, -0.25) is 9.69 Å². The van der Waals surface area contributed by atoms with Crippen LogP contribution in [0.25, 0.3) is 0 Å². The van der Waals surface area contributed by atoms with Gasteiger partial charge in [-0.1, -0.05) is 0 Å². The minimum absolute atomic E-state index is 0.148. The van der Waals surface area contributed by atoms with E-state index in [0.717, 1.165) is 32.7 Å². The molecule has 1 aliphatic heterocycles. The zero-order chi connectivity index (χ0) is 15.2. The van der Waals surface area contributed by atoms with Crippen molar-refractivity contribution in [3.63, 3.8) is 0 Å². The van der Waals surface area contributed by atoms with Crippen molar-refractivity contribution in [3.05, 3.63) is 29.6 Å². The molecule has 21 heavy (non-hydrogen) atoms. The topological polar surface area (TPSA) is 44.8 Å². The largest absolute Gasteiger partial charge is 0.494 e. The number of hydrogen-bond acceptors (Lipinski definition) is 4. The molecule has 1 N–H and O–H groups in total. The van der Waals surface area contributed by atoms with E-state index in [1.807, 2.05) is 0 Å². The van der Waals surface area contributed by atoms with Crippen LogP contribution >= 0.6 is 0 Å². The number of methoxy groups -OCH3 is 1. The molecule has 1 aromatic rings. The lowest BCUT2D eigenvalue weighted by Crippen LogP contribution is -2.46. The number of piperazine rings is 1. The summed E-state index contributed by atoms with van der Waals surface area (Å²) >= 11 is 0. The van der Waals surface area contributed by atoms with Crippen molar-refractivity contribution < 1.29 is 13.9 Å². The summed E-state index contributed by atoms with van der Waals surface area (Å²) in [6, 6.07) is 4.29. The maximum absolute atomic E-state index is 13.6. The van der Waals surface area contributed by atoms with Gasteiger partial charge in [0, 0.05) is 51.9 Å². The minimum atomic E-state index is -0.515. The van der Waals surface area contributed by atoms with E-state index in [1.165, 1.54) is 19.2 Å². The number of rotatable bonds is 5. The number of nitrogens with one attached hydrogen (secondary N) is 1. The third kappa shape index (κ3) is 4.15. The maximum Gasteiger partial charge on any atom is 0.253 e. The summed E-state index contributed by atoms with van der Waals surface area (Å²) in [5.41, 5.74) is 0.344. The Hall–Kier alpha value is -1.66. The average molecular weight is 295 g/mol. The smallest absolute Gasteiger partial charge is 0.253 e. The fourth-order valence-electron chi connectivity index (χ4n) is 2.35. The van der Waals surface area contributed by atoms with Crippen LogP contribution in [0.15, 0.2) is 18.2 Å². The van der Waals surface area contributed by atoms with E-state index in [-0.39, 0.29) is 11.7 Å². The summed E-state index contributed by atoms with van der Waals surface area (Å²) in [5, 5.41) is 3.29. The van der Waals surface area contributed by atoms with Gasteiger partial charge in [0.05, 0.1) is 7.11 Å². The molecule has 1 aromatic carbocycles. The highest BCUT2D eigenvalue weighted by atomic mass is 19.1. The van der Waals surface area contributed by atoms with Crippen molar-refractivity contribution in [2.75, 3.05) is 53.4 Å². The molecule has 0 aromatic heterocycles. The number of likely N-dealkylation sites (N-methyl/N-ethyl adjacent to an activating group) is 1. The number of benzene rings is 1. The molecule has 0 radical (unpaired) electrons. The number of nitrogens with zero attached hydrogens (tertiary/aromatic N) is 2. The number of amides is 1. The first kappa shape index (κ1) is 15.7. The molecule has 1 heterocycles. The number of carbonyl (C=O) groups excluding carboxylic acids is 1. The van der Waals surface area contributed by atoms with Gasteiger partial charge in [-0.15, -0.1) is 0 Å². The molecule has 6 heteroatoms. The van der Waals surface area contributed by atoms with Crippen LogP contribution in [-0.2, 0) is 0 Å². The van der Waals surface area contributed by atoms with Gasteiger partial charge in [-0.05, 0) is 18.2 Å². The van der Waals surface area contributed by atoms with Crippen LogP contribution in [0.3, 0.4) is 0 Å². The summed E-state index contributed by atoms with van der Waals surface area (Å²) in [5.74, 6) is -0.541. The molecular formula is C15H22FN3O2. The van der Waals surface area contributed by atoms with Crippen LogP contribution in [-0.4, -0.2) is 69.1 Å². The molecule has 5 nitrogen and oxygen atoms in total. The van der Waals surface area contributed by atoms with Crippen molar-refractivity contribution in [2.45, 2.75) is 0 Å². The van der Waals surface area contributed by atoms with Crippen molar-refractivity contribution >= 4 is 5.91 Å². The van der Waals surface area contributed by atoms with E-state index in [1.54, 1.807) is 18.0 Å². The molecule has 1 amide bonds. The average Bonchev–Trinajstić information content (AvgIpc) is 2.52. The van der Waals surface area contributed by atoms with E-state index in [2.05, 4.69) is 10.2 Å². The quantitative estimate of drug-likeness (QED) is 0.873. The molecule has 0 saturated carbocycles. The summed E-state index contributed by atoms with van der Waals surface area (Å²) in [6.07, 6.45) is 0. The van der Waals surface area contributed by atoms with E-state index in [9.17, 15) is 9.18 Å². The van der Waals surface area contributed by atoms with E-state index < -0.39 is 5.82 Å². The van der Waals surface area contributed by atoms with Crippen LogP contribution in [0.5, 0.6) is 5.75 Å². The number of hydrogen-bond donors (Lipinski definition) is 1. The maximum atomic E-state index is 13.6. The van der Waals surface area contributed by atoms with Crippen molar-refractivity contribution in [1.82, 2.24) is 15.1 Å². The fraction of sp³-hybridized carbons (Fsp3) is 0.533. The summed E-state index contributed by atoms with van der Waals surface area (Å²) in [6.45, 7) is 5.44. The number of halogens is 1. The van der Waals surface area contributed by atoms with Crippen molar-refractivity contribution in [3.8, 4) is 5.75 Å². The highest BCUT2D eigenvalue weighted by Gasteiger charge is 2.16. The fourth-order valence-corrected chi connectivity index (χ4v) is 2.35. The van der Waals surface area contributed by atoms with Gasteiger partial charge in [-0.2, -0.15) is 0 Å². The number of ether oxygens (including phenoxy) is 1. The van der Waals surface area contributed by atoms with Crippen LogP contribution in [0, 0.1) is 5.82 Å². The molecule has 0 spiro atoms. The van der Waals surface area contributed by atoms with Gasteiger partial charge in [0.15, 0.2) is 11.6 Å². The zero-order valence-electron chi connectivity index (χ0n) is 12.6. The molecule has 0 bridgehead atoms. The molecular weight excluding hydrogens is 273 g/mol. The van der Waals surface area contributed by atoms with Gasteiger partial charge >= 0.3 is 0 Å². The standard InChI is InChI=1S/C15H22FN3O2/c1-18(9-10-19-7-5-17-6-8-19)15(20)12-3-4-14(21-2)13(16)11-12/h3-4,11,17H,5-10H2,1-2H3. The highest BCUT2D eigenvalue weighted by Crippen LogP contribution is 2.18. The predicted octanol–water partition coefficient (Wildman–Crippen LogP) is 0.811. The zero-order valence-corrected chi connectivity index (χ0v) is 12.6. The van der Waals surface area contributed by atoms with E-state index in [0.29, 0.717) is 12.1 Å². The normalized spacial score (nSPS) is 15.8. The summed E-state index contributed by atoms with van der Waals surface area (Å²) in [7, 11) is 3.15. The molecule has 116 valence electrons. The third-order valence-corrected chi connectivity index (χ3v) is 3.71. The minimum Gasteiger partial charge on any atom is -0.494 e. The van der Waals surface area contributed by atoms with Gasteiger partial charge in [-0.25, -0.2) is 4.39 Å². The van der Waals surface area contributed by atoms with Gasteiger partial charge in [0.2, 0.25) is 0 Å². The molecule has 1 aliphatic rings. The van der Waals surface area contributed by atoms with Gasteiger partial charge in [0.1, 0.15) is 0 Å². The second kappa shape index (κ2) is 7.38. The lowest BCUT2D eigenvalue weighted by atomic mass is 10.2. The predicted molar refractivity (Wildman–Crippen MR) is 79.2 cm³/mol. The number of carbonyl (C=O) groups is 1. The van der Waals surface area contributed by atoms with Crippen LogP contribution in [0.4, 0.5) is 4.39 Å².